The summed E-state index contributed by atoms with van der Waals surface area (Å²) in [6.45, 7) is 1.71. The number of likely N-dealkylation sites (N-methyl/N-ethyl adjacent to an activating group) is 1. The van der Waals surface area contributed by atoms with Gasteiger partial charge < -0.3 is 10.2 Å². The van der Waals surface area contributed by atoms with Crippen LogP contribution in [0, 0.1) is 0 Å². The first-order chi connectivity index (χ1) is 7.70. The topological polar surface area (TPSA) is 32.3 Å². The molecular weight excluding hydrogens is 288 g/mol. The average Bonchev–Trinajstić information content (AvgIpc) is 2.75. The van der Waals surface area contributed by atoms with Crippen molar-refractivity contribution in [2.24, 2.45) is 0 Å². The number of nitrogens with one attached hydrogen (secondary N) is 1. The lowest BCUT2D eigenvalue weighted by atomic mass is 10.1. The minimum absolute atomic E-state index is 0.163. The molecule has 1 aromatic rings. The van der Waals surface area contributed by atoms with Crippen LogP contribution in [0.4, 0.5) is 0 Å². The molecule has 1 N–H and O–H groups in total. The van der Waals surface area contributed by atoms with Crippen LogP contribution in [-0.4, -0.2) is 37.0 Å². The van der Waals surface area contributed by atoms with Gasteiger partial charge in [-0.05, 0) is 41.9 Å². The summed E-state index contributed by atoms with van der Waals surface area (Å²) in [6, 6.07) is 2.34. The maximum atomic E-state index is 12.2. The number of thiophene rings is 1. The quantitative estimate of drug-likeness (QED) is 0.909. The van der Waals surface area contributed by atoms with Gasteiger partial charge in [0.2, 0.25) is 0 Å². The van der Waals surface area contributed by atoms with Gasteiger partial charge in [0.15, 0.2) is 0 Å². The average molecular weight is 303 g/mol. The zero-order chi connectivity index (χ0) is 11.5. The van der Waals surface area contributed by atoms with Crippen molar-refractivity contribution in [1.82, 2.24) is 10.2 Å². The molecule has 0 spiro atoms. The normalized spacial score (nSPS) is 21.1. The van der Waals surface area contributed by atoms with Crippen molar-refractivity contribution in [3.8, 4) is 0 Å². The molecule has 1 saturated heterocycles. The van der Waals surface area contributed by atoms with Gasteiger partial charge >= 0.3 is 0 Å². The zero-order valence-corrected chi connectivity index (χ0v) is 11.6. The Balaban J connectivity index is 2.04. The second-order valence-corrected chi connectivity index (χ2v) is 5.84. The number of hydrogen-bond donors (Lipinski definition) is 1. The Hall–Kier alpha value is -0.390. The van der Waals surface area contributed by atoms with Crippen LogP contribution in [0.25, 0.3) is 0 Å². The molecule has 0 aromatic carbocycles. The van der Waals surface area contributed by atoms with E-state index >= 15 is 0 Å². The van der Waals surface area contributed by atoms with Crippen molar-refractivity contribution in [2.45, 2.75) is 18.9 Å². The Labute approximate surface area is 108 Å². The number of carbonyl (C=O) groups is 1. The van der Waals surface area contributed by atoms with Gasteiger partial charge in [0.25, 0.3) is 5.91 Å². The molecule has 5 heteroatoms. The molecule has 1 aliphatic heterocycles. The first-order valence-electron chi connectivity index (χ1n) is 5.41. The molecule has 88 valence electrons. The molecule has 1 amide bonds. The van der Waals surface area contributed by atoms with Gasteiger partial charge in [0.05, 0.1) is 4.88 Å². The minimum Gasteiger partial charge on any atom is -0.336 e. The number of nitrogens with zero attached hydrogens (tertiary/aromatic N) is 1. The summed E-state index contributed by atoms with van der Waals surface area (Å²) >= 11 is 4.88. The summed E-state index contributed by atoms with van der Waals surface area (Å²) in [5, 5.41) is 5.20. The number of hydrogen-bond acceptors (Lipinski definition) is 3. The Morgan fingerprint density at radius 3 is 3.12 bits per heavy atom. The van der Waals surface area contributed by atoms with E-state index in [1.807, 2.05) is 23.4 Å². The van der Waals surface area contributed by atoms with Gasteiger partial charge in [0, 0.05) is 29.0 Å². The number of amides is 1. The fraction of sp³-hybridized carbons (Fsp3) is 0.545. The minimum atomic E-state index is 0.163. The second-order valence-electron chi connectivity index (χ2n) is 4.01. The summed E-state index contributed by atoms with van der Waals surface area (Å²) in [5.74, 6) is 0.163. The zero-order valence-electron chi connectivity index (χ0n) is 9.20. The van der Waals surface area contributed by atoms with Gasteiger partial charge in [-0.25, -0.2) is 0 Å². The second kappa shape index (κ2) is 5.29. The highest BCUT2D eigenvalue weighted by Crippen LogP contribution is 2.22. The fourth-order valence-corrected chi connectivity index (χ4v) is 3.37. The lowest BCUT2D eigenvalue weighted by molar-refractivity contribution is 0.0703. The molecule has 2 heterocycles. The van der Waals surface area contributed by atoms with Crippen molar-refractivity contribution in [3.63, 3.8) is 0 Å². The monoisotopic (exact) mass is 302 g/mol. The number of likely N-dealkylation sites (tertiary alicyclic amines) is 1. The first kappa shape index (κ1) is 12.1. The molecule has 0 aliphatic carbocycles. The van der Waals surface area contributed by atoms with Crippen LogP contribution in [0.1, 0.15) is 22.5 Å². The van der Waals surface area contributed by atoms with Crippen LogP contribution in [0.2, 0.25) is 0 Å². The SMILES string of the molecule is CNC1CCCN(C(=O)c2cc(Br)cs2)C1. The largest absolute Gasteiger partial charge is 0.336 e. The molecule has 1 atom stereocenters. The molecule has 1 aromatic heterocycles. The summed E-state index contributed by atoms with van der Waals surface area (Å²) in [6.07, 6.45) is 2.25. The third kappa shape index (κ3) is 2.64. The summed E-state index contributed by atoms with van der Waals surface area (Å²) in [7, 11) is 1.96. The van der Waals surface area contributed by atoms with E-state index in [4.69, 9.17) is 0 Å². The molecule has 0 bridgehead atoms. The van der Waals surface area contributed by atoms with E-state index in [0.717, 1.165) is 35.3 Å². The van der Waals surface area contributed by atoms with Crippen LogP contribution in [-0.2, 0) is 0 Å². The van der Waals surface area contributed by atoms with E-state index in [1.54, 1.807) is 0 Å². The van der Waals surface area contributed by atoms with Crippen LogP contribution in [0.3, 0.4) is 0 Å². The summed E-state index contributed by atoms with van der Waals surface area (Å²) in [4.78, 5) is 14.9. The predicted molar refractivity (Wildman–Crippen MR) is 70.0 cm³/mol. The third-order valence-electron chi connectivity index (χ3n) is 2.90. The highest BCUT2D eigenvalue weighted by molar-refractivity contribution is 9.10. The lowest BCUT2D eigenvalue weighted by Crippen LogP contribution is -2.46. The van der Waals surface area contributed by atoms with Crippen LogP contribution >= 0.6 is 27.3 Å². The van der Waals surface area contributed by atoms with E-state index < -0.39 is 0 Å². The third-order valence-corrected chi connectivity index (χ3v) is 4.57. The molecule has 1 aliphatic rings. The summed E-state index contributed by atoms with van der Waals surface area (Å²) in [5.41, 5.74) is 0. The van der Waals surface area contributed by atoms with Gasteiger partial charge in [-0.1, -0.05) is 0 Å². The van der Waals surface area contributed by atoms with Gasteiger partial charge in [-0.2, -0.15) is 0 Å². The molecule has 16 heavy (non-hydrogen) atoms. The van der Waals surface area contributed by atoms with E-state index in [1.165, 1.54) is 11.3 Å². The first-order valence-corrected chi connectivity index (χ1v) is 7.08. The predicted octanol–water partition coefficient (Wildman–Crippen LogP) is 2.33. The van der Waals surface area contributed by atoms with E-state index in [-0.39, 0.29) is 5.91 Å². The molecule has 1 unspecified atom stereocenters. The lowest BCUT2D eigenvalue weighted by Gasteiger charge is -2.32. The maximum absolute atomic E-state index is 12.2. The van der Waals surface area contributed by atoms with Crippen molar-refractivity contribution in [2.75, 3.05) is 20.1 Å². The van der Waals surface area contributed by atoms with E-state index in [9.17, 15) is 4.79 Å². The number of halogens is 1. The Morgan fingerprint density at radius 2 is 2.50 bits per heavy atom. The van der Waals surface area contributed by atoms with Crippen LogP contribution < -0.4 is 5.32 Å². The standard InChI is InChI=1S/C11H15BrN2OS/c1-13-9-3-2-4-14(6-9)11(15)10-5-8(12)7-16-10/h5,7,9,13H,2-4,6H2,1H3. The number of rotatable bonds is 2. The highest BCUT2D eigenvalue weighted by Gasteiger charge is 2.24. The molecule has 0 saturated carbocycles. The van der Waals surface area contributed by atoms with Gasteiger partial charge in [-0.15, -0.1) is 11.3 Å². The van der Waals surface area contributed by atoms with E-state index in [0.29, 0.717) is 6.04 Å². The van der Waals surface area contributed by atoms with Crippen molar-refractivity contribution < 1.29 is 4.79 Å². The van der Waals surface area contributed by atoms with Crippen molar-refractivity contribution in [1.29, 1.82) is 0 Å². The molecule has 3 nitrogen and oxygen atoms in total. The smallest absolute Gasteiger partial charge is 0.264 e. The fourth-order valence-electron chi connectivity index (χ4n) is 1.98. The van der Waals surface area contributed by atoms with Crippen LogP contribution in [0.15, 0.2) is 15.9 Å². The molecule has 1 fully saturated rings. The van der Waals surface area contributed by atoms with Crippen LogP contribution in [0.5, 0.6) is 0 Å². The molecule has 2 rings (SSSR count). The van der Waals surface area contributed by atoms with Crippen molar-refractivity contribution >= 4 is 33.2 Å². The number of piperidine rings is 1. The van der Waals surface area contributed by atoms with Gasteiger partial charge in [-0.3, -0.25) is 4.79 Å². The Kier molecular flexibility index (Phi) is 4.00. The number of carbonyl (C=O) groups excluding carboxylic acids is 1. The van der Waals surface area contributed by atoms with E-state index in [2.05, 4.69) is 21.2 Å². The molecule has 0 radical (unpaired) electrons. The Bertz CT molecular complexity index is 380. The van der Waals surface area contributed by atoms with Gasteiger partial charge in [0.1, 0.15) is 0 Å². The maximum Gasteiger partial charge on any atom is 0.264 e. The van der Waals surface area contributed by atoms with Crippen molar-refractivity contribution in [3.05, 3.63) is 20.8 Å². The molecular formula is C11H15BrN2OS. The highest BCUT2D eigenvalue weighted by atomic mass is 79.9. The Morgan fingerprint density at radius 1 is 1.69 bits per heavy atom. The summed E-state index contributed by atoms with van der Waals surface area (Å²) < 4.78 is 0.989.